The standard InChI is InChI=1S/C12H16F2N2O3S/c1-3-4-7(2)16-12(17)8-5-11(20(15,18)19)10(14)6-9(8)13/h5-7H,3-4H2,1-2H3,(H,16,17)(H2,15,18,19). The Morgan fingerprint density at radius 2 is 1.95 bits per heavy atom. The predicted octanol–water partition coefficient (Wildman–Crippen LogP) is 1.53. The highest BCUT2D eigenvalue weighted by atomic mass is 32.2. The van der Waals surface area contributed by atoms with Crippen LogP contribution >= 0.6 is 0 Å². The van der Waals surface area contributed by atoms with Crippen molar-refractivity contribution in [2.75, 3.05) is 0 Å². The average molecular weight is 306 g/mol. The third kappa shape index (κ3) is 3.97. The zero-order chi connectivity index (χ0) is 15.5. The van der Waals surface area contributed by atoms with E-state index in [-0.39, 0.29) is 6.04 Å². The molecule has 0 fully saturated rings. The number of nitrogens with one attached hydrogen (secondary N) is 1. The summed E-state index contributed by atoms with van der Waals surface area (Å²) in [7, 11) is -4.37. The SMILES string of the molecule is CCCC(C)NC(=O)c1cc(S(N)(=O)=O)c(F)cc1F. The van der Waals surface area contributed by atoms with Gasteiger partial charge in [0.05, 0.1) is 5.56 Å². The fourth-order valence-electron chi connectivity index (χ4n) is 1.73. The minimum Gasteiger partial charge on any atom is -0.349 e. The van der Waals surface area contributed by atoms with Crippen molar-refractivity contribution in [3.8, 4) is 0 Å². The molecule has 0 bridgehead atoms. The van der Waals surface area contributed by atoms with Crippen LogP contribution in [0.25, 0.3) is 0 Å². The summed E-state index contributed by atoms with van der Waals surface area (Å²) in [6.07, 6.45) is 1.49. The number of hydrogen-bond acceptors (Lipinski definition) is 3. The van der Waals surface area contributed by atoms with Crippen molar-refractivity contribution in [3.63, 3.8) is 0 Å². The van der Waals surface area contributed by atoms with Crippen LogP contribution in [0.1, 0.15) is 37.0 Å². The molecule has 1 amide bonds. The highest BCUT2D eigenvalue weighted by Crippen LogP contribution is 2.18. The molecule has 20 heavy (non-hydrogen) atoms. The van der Waals surface area contributed by atoms with Crippen LogP contribution in [0.5, 0.6) is 0 Å². The van der Waals surface area contributed by atoms with Crippen LogP contribution in [0.3, 0.4) is 0 Å². The number of nitrogens with two attached hydrogens (primary N) is 1. The summed E-state index contributed by atoms with van der Waals surface area (Å²) in [6.45, 7) is 3.64. The molecule has 0 saturated carbocycles. The van der Waals surface area contributed by atoms with Crippen LogP contribution in [0.15, 0.2) is 17.0 Å². The highest BCUT2D eigenvalue weighted by Gasteiger charge is 2.22. The van der Waals surface area contributed by atoms with Crippen molar-refractivity contribution in [3.05, 3.63) is 29.3 Å². The molecule has 1 atom stereocenters. The van der Waals surface area contributed by atoms with Crippen LogP contribution in [-0.2, 0) is 10.0 Å². The largest absolute Gasteiger partial charge is 0.349 e. The first-order valence-corrected chi connectivity index (χ1v) is 7.54. The second-order valence-electron chi connectivity index (χ2n) is 4.47. The smallest absolute Gasteiger partial charge is 0.254 e. The number of carbonyl (C=O) groups excluding carboxylic acids is 1. The lowest BCUT2D eigenvalue weighted by atomic mass is 10.1. The minimum absolute atomic E-state index is 0.213. The monoisotopic (exact) mass is 306 g/mol. The van der Waals surface area contributed by atoms with Gasteiger partial charge < -0.3 is 5.32 Å². The average Bonchev–Trinajstić information content (AvgIpc) is 2.26. The van der Waals surface area contributed by atoms with E-state index in [1.807, 2.05) is 6.92 Å². The molecule has 0 aromatic heterocycles. The Morgan fingerprint density at radius 1 is 1.35 bits per heavy atom. The van der Waals surface area contributed by atoms with E-state index in [0.717, 1.165) is 6.42 Å². The number of rotatable bonds is 5. The number of benzene rings is 1. The Morgan fingerprint density at radius 3 is 2.45 bits per heavy atom. The molecule has 1 aromatic rings. The minimum atomic E-state index is -4.37. The summed E-state index contributed by atoms with van der Waals surface area (Å²) in [4.78, 5) is 10.9. The van der Waals surface area contributed by atoms with E-state index < -0.39 is 38.0 Å². The maximum absolute atomic E-state index is 13.6. The van der Waals surface area contributed by atoms with Gasteiger partial charge in [0.1, 0.15) is 16.5 Å². The van der Waals surface area contributed by atoms with Gasteiger partial charge in [0, 0.05) is 12.1 Å². The topological polar surface area (TPSA) is 89.3 Å². The Bertz CT molecular complexity index is 617. The normalized spacial score (nSPS) is 13.1. The van der Waals surface area contributed by atoms with Gasteiger partial charge in [-0.2, -0.15) is 0 Å². The number of hydrogen-bond donors (Lipinski definition) is 2. The van der Waals surface area contributed by atoms with Gasteiger partial charge in [-0.3, -0.25) is 4.79 Å². The maximum atomic E-state index is 13.6. The predicted molar refractivity (Wildman–Crippen MR) is 69.6 cm³/mol. The lowest BCUT2D eigenvalue weighted by Gasteiger charge is -2.13. The van der Waals surface area contributed by atoms with E-state index in [4.69, 9.17) is 5.14 Å². The molecule has 3 N–H and O–H groups in total. The van der Waals surface area contributed by atoms with Crippen LogP contribution in [-0.4, -0.2) is 20.4 Å². The summed E-state index contributed by atoms with van der Waals surface area (Å²) in [6, 6.07) is 0.725. The van der Waals surface area contributed by atoms with Gasteiger partial charge in [-0.1, -0.05) is 13.3 Å². The third-order valence-corrected chi connectivity index (χ3v) is 3.60. The molecule has 0 saturated heterocycles. The number of halogens is 2. The third-order valence-electron chi connectivity index (χ3n) is 2.67. The van der Waals surface area contributed by atoms with Crippen molar-refractivity contribution in [1.82, 2.24) is 5.32 Å². The van der Waals surface area contributed by atoms with Crippen LogP contribution in [0.4, 0.5) is 8.78 Å². The number of sulfonamides is 1. The number of amides is 1. The Labute approximate surface area is 116 Å². The second-order valence-corrected chi connectivity index (χ2v) is 6.00. The Balaban J connectivity index is 3.16. The lowest BCUT2D eigenvalue weighted by Crippen LogP contribution is -2.33. The van der Waals surface area contributed by atoms with Crippen LogP contribution < -0.4 is 10.5 Å². The molecule has 1 rings (SSSR count). The van der Waals surface area contributed by atoms with Gasteiger partial charge in [0.2, 0.25) is 10.0 Å². The highest BCUT2D eigenvalue weighted by molar-refractivity contribution is 7.89. The zero-order valence-electron chi connectivity index (χ0n) is 11.1. The molecule has 0 aliphatic rings. The zero-order valence-corrected chi connectivity index (χ0v) is 11.9. The number of carbonyl (C=O) groups is 1. The van der Waals surface area contributed by atoms with E-state index >= 15 is 0 Å². The van der Waals surface area contributed by atoms with Gasteiger partial charge in [-0.25, -0.2) is 22.3 Å². The summed E-state index contributed by atoms with van der Waals surface area (Å²) < 4.78 is 49.2. The fourth-order valence-corrected chi connectivity index (χ4v) is 2.34. The van der Waals surface area contributed by atoms with Crippen molar-refractivity contribution in [2.45, 2.75) is 37.6 Å². The molecule has 0 aliphatic heterocycles. The van der Waals surface area contributed by atoms with Crippen molar-refractivity contribution >= 4 is 15.9 Å². The molecule has 5 nitrogen and oxygen atoms in total. The van der Waals surface area contributed by atoms with E-state index in [1.165, 1.54) is 0 Å². The van der Waals surface area contributed by atoms with Gasteiger partial charge in [0.25, 0.3) is 5.91 Å². The lowest BCUT2D eigenvalue weighted by molar-refractivity contribution is 0.0934. The van der Waals surface area contributed by atoms with Crippen molar-refractivity contribution < 1.29 is 22.0 Å². The van der Waals surface area contributed by atoms with E-state index in [2.05, 4.69) is 5.32 Å². The van der Waals surface area contributed by atoms with E-state index in [1.54, 1.807) is 6.92 Å². The first-order chi connectivity index (χ1) is 9.16. The van der Waals surface area contributed by atoms with Crippen molar-refractivity contribution in [1.29, 1.82) is 0 Å². The van der Waals surface area contributed by atoms with Crippen molar-refractivity contribution in [2.24, 2.45) is 5.14 Å². The molecule has 0 radical (unpaired) electrons. The van der Waals surface area contributed by atoms with Gasteiger partial charge in [-0.05, 0) is 19.4 Å². The first kappa shape index (κ1) is 16.5. The second kappa shape index (κ2) is 6.27. The summed E-state index contributed by atoms with van der Waals surface area (Å²) in [5, 5.41) is 7.30. The van der Waals surface area contributed by atoms with Crippen LogP contribution in [0, 0.1) is 11.6 Å². The fraction of sp³-hybridized carbons (Fsp3) is 0.417. The molecular weight excluding hydrogens is 290 g/mol. The van der Waals surface area contributed by atoms with Gasteiger partial charge in [-0.15, -0.1) is 0 Å². The molecule has 1 unspecified atom stereocenters. The summed E-state index contributed by atoms with van der Waals surface area (Å²) >= 11 is 0. The number of primary sulfonamides is 1. The van der Waals surface area contributed by atoms with Crippen LogP contribution in [0.2, 0.25) is 0 Å². The Hall–Kier alpha value is -1.54. The van der Waals surface area contributed by atoms with Gasteiger partial charge in [0.15, 0.2) is 0 Å². The Kier molecular flexibility index (Phi) is 5.18. The molecule has 112 valence electrons. The maximum Gasteiger partial charge on any atom is 0.254 e. The first-order valence-electron chi connectivity index (χ1n) is 5.99. The summed E-state index contributed by atoms with van der Waals surface area (Å²) in [5.41, 5.74) is -0.557. The van der Waals surface area contributed by atoms with Gasteiger partial charge >= 0.3 is 0 Å². The molecular formula is C12H16F2N2O3S. The molecule has 0 heterocycles. The molecule has 1 aromatic carbocycles. The van der Waals surface area contributed by atoms with E-state index in [9.17, 15) is 22.0 Å². The van der Waals surface area contributed by atoms with E-state index in [0.29, 0.717) is 18.6 Å². The quantitative estimate of drug-likeness (QED) is 0.864. The molecule has 0 spiro atoms. The molecule has 8 heteroatoms. The summed E-state index contributed by atoms with van der Waals surface area (Å²) in [5.74, 6) is -3.28. The molecule has 0 aliphatic carbocycles.